The number of amides is 1. The Morgan fingerprint density at radius 3 is 2.63 bits per heavy atom. The van der Waals surface area contributed by atoms with Gasteiger partial charge in [0.1, 0.15) is 5.82 Å². The van der Waals surface area contributed by atoms with E-state index in [1.165, 1.54) is 23.3 Å². The maximum Gasteiger partial charge on any atom is 0.244 e. The number of carbonyl (C=O) groups excluding carboxylic acids is 1. The Hall–Kier alpha value is -3.73. The van der Waals surface area contributed by atoms with Crippen molar-refractivity contribution in [3.8, 4) is 0 Å². The van der Waals surface area contributed by atoms with E-state index in [1.807, 2.05) is 24.4 Å². The van der Waals surface area contributed by atoms with Gasteiger partial charge in [-0.2, -0.15) is 5.10 Å². The number of halogens is 1. The molecule has 0 aliphatic carbocycles. The average Bonchev–Trinajstić information content (AvgIpc) is 3.07. The fourth-order valence-corrected chi connectivity index (χ4v) is 3.52. The number of para-hydroxylation sites is 1. The molecule has 4 nitrogen and oxygen atoms in total. The molecule has 0 atom stereocenters. The average molecular weight is 399 g/mol. The molecule has 4 aromatic rings. The lowest BCUT2D eigenvalue weighted by atomic mass is 10.1. The maximum atomic E-state index is 13.0. The molecular weight excluding hydrogens is 377 g/mol. The number of hydrogen-bond acceptors (Lipinski definition) is 2. The number of aromatic nitrogens is 1. The first-order chi connectivity index (χ1) is 14.6. The summed E-state index contributed by atoms with van der Waals surface area (Å²) in [6, 6.07) is 22.4. The molecule has 1 amide bonds. The van der Waals surface area contributed by atoms with Crippen molar-refractivity contribution in [3.63, 3.8) is 0 Å². The summed E-state index contributed by atoms with van der Waals surface area (Å²) in [5.41, 5.74) is 7.79. The third-order valence-corrected chi connectivity index (χ3v) is 4.93. The molecule has 1 aromatic heterocycles. The van der Waals surface area contributed by atoms with Gasteiger partial charge in [0.15, 0.2) is 0 Å². The number of hydrazone groups is 1. The first-order valence-electron chi connectivity index (χ1n) is 9.78. The zero-order valence-electron chi connectivity index (χ0n) is 16.7. The molecule has 30 heavy (non-hydrogen) atoms. The third-order valence-electron chi connectivity index (χ3n) is 4.93. The molecule has 5 heteroatoms. The fraction of sp³-hybridized carbons (Fsp3) is 0.120. The highest BCUT2D eigenvalue weighted by Crippen LogP contribution is 2.21. The van der Waals surface area contributed by atoms with Gasteiger partial charge >= 0.3 is 0 Å². The van der Waals surface area contributed by atoms with E-state index in [-0.39, 0.29) is 18.1 Å². The van der Waals surface area contributed by atoms with Crippen LogP contribution in [-0.4, -0.2) is 16.7 Å². The molecule has 0 saturated carbocycles. The summed E-state index contributed by atoms with van der Waals surface area (Å²) in [6.07, 6.45) is 3.85. The van der Waals surface area contributed by atoms with Gasteiger partial charge in [-0.1, -0.05) is 60.2 Å². The van der Waals surface area contributed by atoms with Crippen LogP contribution in [0.5, 0.6) is 0 Å². The van der Waals surface area contributed by atoms with Crippen LogP contribution >= 0.6 is 0 Å². The Morgan fingerprint density at radius 1 is 1.03 bits per heavy atom. The summed E-state index contributed by atoms with van der Waals surface area (Å²) in [7, 11) is 0. The van der Waals surface area contributed by atoms with Crippen LogP contribution in [0.15, 0.2) is 84.1 Å². The Morgan fingerprint density at radius 2 is 1.83 bits per heavy atom. The zero-order valence-corrected chi connectivity index (χ0v) is 16.7. The molecule has 4 rings (SSSR count). The van der Waals surface area contributed by atoms with Crippen LogP contribution in [0.3, 0.4) is 0 Å². The van der Waals surface area contributed by atoms with Gasteiger partial charge in [-0.15, -0.1) is 0 Å². The van der Waals surface area contributed by atoms with E-state index in [0.29, 0.717) is 0 Å². The highest BCUT2D eigenvalue weighted by atomic mass is 19.1. The highest BCUT2D eigenvalue weighted by Gasteiger charge is 2.08. The van der Waals surface area contributed by atoms with E-state index < -0.39 is 0 Å². The lowest BCUT2D eigenvalue weighted by Crippen LogP contribution is -2.19. The van der Waals surface area contributed by atoms with Crippen LogP contribution in [0.4, 0.5) is 4.39 Å². The van der Waals surface area contributed by atoms with Crippen molar-refractivity contribution in [1.29, 1.82) is 0 Å². The first kappa shape index (κ1) is 19.6. The van der Waals surface area contributed by atoms with Gasteiger partial charge in [0.25, 0.3) is 0 Å². The topological polar surface area (TPSA) is 46.4 Å². The van der Waals surface area contributed by atoms with Crippen molar-refractivity contribution >= 4 is 23.0 Å². The van der Waals surface area contributed by atoms with Gasteiger partial charge in [-0.25, -0.2) is 9.82 Å². The monoisotopic (exact) mass is 399 g/mol. The molecule has 0 saturated heterocycles. The van der Waals surface area contributed by atoms with Crippen molar-refractivity contribution in [2.24, 2.45) is 5.10 Å². The Bertz CT molecular complexity index is 1210. The van der Waals surface area contributed by atoms with Crippen molar-refractivity contribution in [1.82, 2.24) is 9.99 Å². The molecule has 0 aliphatic heterocycles. The molecule has 0 aliphatic rings. The number of carbonyl (C=O) groups is 1. The predicted molar refractivity (Wildman–Crippen MR) is 118 cm³/mol. The van der Waals surface area contributed by atoms with Crippen LogP contribution in [0.2, 0.25) is 0 Å². The van der Waals surface area contributed by atoms with Crippen LogP contribution in [0, 0.1) is 12.7 Å². The molecular formula is C25H22FN3O. The lowest BCUT2D eigenvalue weighted by molar-refractivity contribution is -0.120. The SMILES string of the molecule is Cc1cccc(Cn2cc(/C=N/NC(=O)Cc3ccc(F)cc3)c3ccccc32)c1. The second kappa shape index (κ2) is 8.74. The summed E-state index contributed by atoms with van der Waals surface area (Å²) >= 11 is 0. The second-order valence-corrected chi connectivity index (χ2v) is 7.31. The van der Waals surface area contributed by atoms with Crippen molar-refractivity contribution in [3.05, 3.63) is 107 Å². The fourth-order valence-electron chi connectivity index (χ4n) is 3.52. The molecule has 1 heterocycles. The van der Waals surface area contributed by atoms with E-state index in [1.54, 1.807) is 18.3 Å². The van der Waals surface area contributed by atoms with Crippen molar-refractivity contribution < 1.29 is 9.18 Å². The summed E-state index contributed by atoms with van der Waals surface area (Å²) in [6.45, 7) is 2.84. The minimum atomic E-state index is -0.320. The summed E-state index contributed by atoms with van der Waals surface area (Å²) in [5.74, 6) is -0.569. The number of nitrogens with one attached hydrogen (secondary N) is 1. The van der Waals surface area contributed by atoms with Crippen molar-refractivity contribution in [2.45, 2.75) is 19.9 Å². The number of hydrogen-bond donors (Lipinski definition) is 1. The van der Waals surface area contributed by atoms with Crippen LogP contribution in [0.25, 0.3) is 10.9 Å². The molecule has 1 N–H and O–H groups in total. The molecule has 150 valence electrons. The van der Waals surface area contributed by atoms with Crippen LogP contribution in [-0.2, 0) is 17.8 Å². The molecule has 0 radical (unpaired) electrons. The quantitative estimate of drug-likeness (QED) is 0.366. The number of benzene rings is 3. The van der Waals surface area contributed by atoms with E-state index in [4.69, 9.17) is 0 Å². The van der Waals surface area contributed by atoms with Gasteiger partial charge in [-0.05, 0) is 36.2 Å². The molecule has 0 unspecified atom stereocenters. The Kier molecular flexibility index (Phi) is 5.70. The minimum Gasteiger partial charge on any atom is -0.342 e. The maximum absolute atomic E-state index is 13.0. The van der Waals surface area contributed by atoms with Gasteiger partial charge in [-0.3, -0.25) is 4.79 Å². The lowest BCUT2D eigenvalue weighted by Gasteiger charge is -2.06. The Labute approximate surface area is 174 Å². The number of nitrogens with zero attached hydrogens (tertiary/aromatic N) is 2. The van der Waals surface area contributed by atoms with Crippen molar-refractivity contribution in [2.75, 3.05) is 0 Å². The second-order valence-electron chi connectivity index (χ2n) is 7.31. The summed E-state index contributed by atoms with van der Waals surface area (Å²) in [4.78, 5) is 12.1. The van der Waals surface area contributed by atoms with Gasteiger partial charge in [0.05, 0.1) is 12.6 Å². The van der Waals surface area contributed by atoms with E-state index >= 15 is 0 Å². The highest BCUT2D eigenvalue weighted by molar-refractivity contribution is 5.99. The number of rotatable bonds is 6. The van der Waals surface area contributed by atoms with Gasteiger partial charge in [0.2, 0.25) is 5.91 Å². The number of fused-ring (bicyclic) bond motifs is 1. The first-order valence-corrected chi connectivity index (χ1v) is 9.78. The zero-order chi connectivity index (χ0) is 20.9. The van der Waals surface area contributed by atoms with Gasteiger partial charge in [0, 0.05) is 29.2 Å². The van der Waals surface area contributed by atoms with E-state index in [9.17, 15) is 9.18 Å². The summed E-state index contributed by atoms with van der Waals surface area (Å²) < 4.78 is 15.2. The molecule has 3 aromatic carbocycles. The normalized spacial score (nSPS) is 11.3. The van der Waals surface area contributed by atoms with Gasteiger partial charge < -0.3 is 4.57 Å². The summed E-state index contributed by atoms with van der Waals surface area (Å²) in [5, 5.41) is 5.20. The Balaban J connectivity index is 1.49. The van der Waals surface area contributed by atoms with Crippen LogP contribution in [0.1, 0.15) is 22.3 Å². The van der Waals surface area contributed by atoms with E-state index in [2.05, 4.69) is 52.3 Å². The largest absolute Gasteiger partial charge is 0.342 e. The molecule has 0 fully saturated rings. The standard InChI is InChI=1S/C25H22FN3O/c1-18-5-4-6-20(13-18)16-29-17-21(23-7-2-3-8-24(23)29)15-27-28-25(30)14-19-9-11-22(26)12-10-19/h2-13,15,17H,14,16H2,1H3,(H,28,30)/b27-15+. The third kappa shape index (κ3) is 4.63. The predicted octanol–water partition coefficient (Wildman–Crippen LogP) is 4.83. The smallest absolute Gasteiger partial charge is 0.244 e. The molecule has 0 bridgehead atoms. The number of aryl methyl sites for hydroxylation is 1. The molecule has 0 spiro atoms. The van der Waals surface area contributed by atoms with E-state index in [0.717, 1.165) is 28.6 Å². The minimum absolute atomic E-state index is 0.146. The van der Waals surface area contributed by atoms with Crippen LogP contribution < -0.4 is 5.43 Å².